The summed E-state index contributed by atoms with van der Waals surface area (Å²) >= 11 is 0. The van der Waals surface area contributed by atoms with Crippen molar-refractivity contribution in [1.82, 2.24) is 0 Å². The van der Waals surface area contributed by atoms with Gasteiger partial charge in [0, 0.05) is 0 Å². The van der Waals surface area contributed by atoms with Gasteiger partial charge in [-0.3, -0.25) is 0 Å². The van der Waals surface area contributed by atoms with Crippen LogP contribution in [0.1, 0.15) is 53.9 Å². The van der Waals surface area contributed by atoms with Gasteiger partial charge < -0.3 is 7.96 Å². The minimum atomic E-state index is 0. The molecule has 0 aliphatic carbocycles. The number of benzene rings is 1. The second-order valence-corrected chi connectivity index (χ2v) is 4.18. The van der Waals surface area contributed by atoms with Crippen molar-refractivity contribution < 1.29 is 7.96 Å². The largest absolute Gasteiger partial charge is 2.00 e. The Kier molecular flexibility index (Phi) is 9.84. The van der Waals surface area contributed by atoms with E-state index in [4.69, 9.17) is 5.11 Å². The average Bonchev–Trinajstić information content (AvgIpc) is 2.26. The Morgan fingerprint density at radius 2 is 1.50 bits per heavy atom. The van der Waals surface area contributed by atoms with Gasteiger partial charge in [0.05, 0.1) is 0 Å². The quantitative estimate of drug-likeness (QED) is 0.553. The molecule has 0 heterocycles. The molecule has 0 amide bonds. The summed E-state index contributed by atoms with van der Waals surface area (Å²) in [5.74, 6) is 0.363. The van der Waals surface area contributed by atoms with Crippen LogP contribution in [0.15, 0.2) is 24.3 Å². The zero-order valence-corrected chi connectivity index (χ0v) is 11.8. The molecule has 0 aliphatic rings. The number of hydrogen-bond acceptors (Lipinski definition) is 1. The van der Waals surface area contributed by atoms with Crippen molar-refractivity contribution in [2.45, 2.75) is 51.9 Å². The van der Waals surface area contributed by atoms with Crippen molar-refractivity contribution in [3.8, 4) is 5.75 Å². The number of phenols is 1. The van der Waals surface area contributed by atoms with Gasteiger partial charge in [0.15, 0.2) is 0 Å². The first-order valence-electron chi connectivity index (χ1n) is 6.11. The molecule has 0 atom stereocenters. The van der Waals surface area contributed by atoms with E-state index in [2.05, 4.69) is 6.92 Å². The van der Waals surface area contributed by atoms with Crippen LogP contribution in [0.2, 0.25) is 0 Å². The normalized spacial score (nSPS) is 9.81. The third-order valence-corrected chi connectivity index (χ3v) is 2.76. The van der Waals surface area contributed by atoms with Gasteiger partial charge in [-0.2, -0.15) is 0 Å². The molecule has 0 fully saturated rings. The van der Waals surface area contributed by atoms with E-state index in [1.54, 1.807) is 12.1 Å². The fourth-order valence-corrected chi connectivity index (χ4v) is 1.77. The first kappa shape index (κ1) is 15.8. The summed E-state index contributed by atoms with van der Waals surface area (Å²) in [6, 6.07) is 7.57. The van der Waals surface area contributed by atoms with E-state index < -0.39 is 0 Å². The van der Waals surface area contributed by atoms with E-state index in [1.807, 2.05) is 12.1 Å². The Labute approximate surface area is 118 Å². The standard InChI is InChI=1S/C14H22O.Mg.2H/c1-2-3-4-5-6-7-8-13-9-11-14(15)12-10-13;;;/h9-12,15H,2-8H2,1H3;;;/q;+2;2*-1. The van der Waals surface area contributed by atoms with Gasteiger partial charge in [0.25, 0.3) is 0 Å². The first-order valence-corrected chi connectivity index (χ1v) is 6.11. The minimum Gasteiger partial charge on any atom is -1.00 e. The van der Waals surface area contributed by atoms with Gasteiger partial charge in [-0.25, -0.2) is 0 Å². The van der Waals surface area contributed by atoms with E-state index in [9.17, 15) is 0 Å². The van der Waals surface area contributed by atoms with E-state index in [-0.39, 0.29) is 25.9 Å². The number of phenolic OH excluding ortho intramolecular Hbond substituents is 1. The molecule has 1 aromatic rings. The Morgan fingerprint density at radius 3 is 2.12 bits per heavy atom. The smallest absolute Gasteiger partial charge is 1.00 e. The monoisotopic (exact) mass is 232 g/mol. The molecule has 16 heavy (non-hydrogen) atoms. The molecule has 1 nitrogen and oxygen atoms in total. The summed E-state index contributed by atoms with van der Waals surface area (Å²) < 4.78 is 0. The van der Waals surface area contributed by atoms with E-state index in [1.165, 1.54) is 44.1 Å². The van der Waals surface area contributed by atoms with Gasteiger partial charge >= 0.3 is 23.1 Å². The van der Waals surface area contributed by atoms with E-state index in [0.717, 1.165) is 6.42 Å². The fraction of sp³-hybridized carbons (Fsp3) is 0.571. The van der Waals surface area contributed by atoms with Gasteiger partial charge in [0.1, 0.15) is 5.75 Å². The first-order chi connectivity index (χ1) is 7.33. The van der Waals surface area contributed by atoms with Crippen LogP contribution in [-0.2, 0) is 6.42 Å². The maximum atomic E-state index is 9.13. The van der Waals surface area contributed by atoms with Crippen LogP contribution >= 0.6 is 0 Å². The Morgan fingerprint density at radius 1 is 0.938 bits per heavy atom. The summed E-state index contributed by atoms with van der Waals surface area (Å²) in [5.41, 5.74) is 1.34. The van der Waals surface area contributed by atoms with Gasteiger partial charge in [-0.15, -0.1) is 0 Å². The predicted octanol–water partition coefficient (Wildman–Crippen LogP) is 4.14. The summed E-state index contributed by atoms with van der Waals surface area (Å²) in [6.07, 6.45) is 9.19. The SMILES string of the molecule is CCCCCCCCc1ccc(O)cc1.[H-].[H-].[Mg+2]. The number of unbranched alkanes of at least 4 members (excludes halogenated alkanes) is 5. The van der Waals surface area contributed by atoms with Crippen LogP contribution in [0.4, 0.5) is 0 Å². The third kappa shape index (κ3) is 7.12. The van der Waals surface area contributed by atoms with Crippen LogP contribution in [0.3, 0.4) is 0 Å². The molecule has 0 aliphatic heterocycles. The van der Waals surface area contributed by atoms with Gasteiger partial charge in [-0.1, -0.05) is 51.2 Å². The molecule has 0 radical (unpaired) electrons. The van der Waals surface area contributed by atoms with E-state index >= 15 is 0 Å². The van der Waals surface area contributed by atoms with Crippen LogP contribution in [-0.4, -0.2) is 28.2 Å². The summed E-state index contributed by atoms with van der Waals surface area (Å²) in [4.78, 5) is 0. The Bertz CT molecular complexity index is 265. The molecule has 0 saturated heterocycles. The second-order valence-electron chi connectivity index (χ2n) is 4.18. The maximum Gasteiger partial charge on any atom is 2.00 e. The van der Waals surface area contributed by atoms with Crippen molar-refractivity contribution in [2.24, 2.45) is 0 Å². The number of aryl methyl sites for hydroxylation is 1. The molecule has 0 unspecified atom stereocenters. The van der Waals surface area contributed by atoms with Crippen LogP contribution in [0.25, 0.3) is 0 Å². The van der Waals surface area contributed by atoms with E-state index in [0.29, 0.717) is 5.75 Å². The average molecular weight is 233 g/mol. The molecule has 2 heteroatoms. The molecule has 0 saturated carbocycles. The van der Waals surface area contributed by atoms with Gasteiger partial charge in [-0.05, 0) is 30.5 Å². The van der Waals surface area contributed by atoms with Crippen LogP contribution in [0, 0.1) is 0 Å². The van der Waals surface area contributed by atoms with Crippen LogP contribution in [0.5, 0.6) is 5.75 Å². The molecule has 1 rings (SSSR count). The Hall–Kier alpha value is -0.214. The van der Waals surface area contributed by atoms with Crippen molar-refractivity contribution in [2.75, 3.05) is 0 Å². The molecule has 88 valence electrons. The molecule has 0 bridgehead atoms. The molecular weight excluding hydrogens is 208 g/mol. The summed E-state index contributed by atoms with van der Waals surface area (Å²) in [7, 11) is 0. The van der Waals surface area contributed by atoms with Crippen LogP contribution < -0.4 is 0 Å². The third-order valence-electron chi connectivity index (χ3n) is 2.76. The van der Waals surface area contributed by atoms with Crippen molar-refractivity contribution >= 4 is 23.1 Å². The Balaban J connectivity index is -0.000000750. The molecule has 1 N–H and O–H groups in total. The maximum absolute atomic E-state index is 9.13. The minimum absolute atomic E-state index is 0. The zero-order valence-electron chi connectivity index (χ0n) is 12.4. The zero-order chi connectivity index (χ0) is 10.9. The molecular formula is C14H24MgO. The van der Waals surface area contributed by atoms with Crippen molar-refractivity contribution in [3.05, 3.63) is 29.8 Å². The summed E-state index contributed by atoms with van der Waals surface area (Å²) in [5, 5.41) is 9.13. The fourth-order valence-electron chi connectivity index (χ4n) is 1.77. The predicted molar refractivity (Wildman–Crippen MR) is 73.2 cm³/mol. The summed E-state index contributed by atoms with van der Waals surface area (Å²) in [6.45, 7) is 2.25. The van der Waals surface area contributed by atoms with Crippen molar-refractivity contribution in [1.29, 1.82) is 0 Å². The molecule has 1 aromatic carbocycles. The number of hydrogen-bond donors (Lipinski definition) is 1. The number of rotatable bonds is 7. The topological polar surface area (TPSA) is 20.2 Å². The molecule has 0 spiro atoms. The second kappa shape index (κ2) is 9.97. The molecule has 0 aromatic heterocycles. The van der Waals surface area contributed by atoms with Gasteiger partial charge in [0.2, 0.25) is 0 Å². The number of aromatic hydroxyl groups is 1. The van der Waals surface area contributed by atoms with Crippen molar-refractivity contribution in [3.63, 3.8) is 0 Å².